The molecule has 202 valence electrons. The molecule has 0 bridgehead atoms. The van der Waals surface area contributed by atoms with Crippen LogP contribution in [0.1, 0.15) is 40.6 Å². The predicted molar refractivity (Wildman–Crippen MR) is 136 cm³/mol. The standard InChI is InChI=1S/C25H17ClF3N9O2/c26-17-9-13(10-31-23(17)38-32-7-8-33-38)35-24(40)16-11-34-37(22(16)25(27,28)29)19-12-30-21(18-5-6-20(39)36-18)15-4-2-1-3-14(15)19/h1-4,7-12,18H,5-6H2,(H,35,40)(H,36,39). The van der Waals surface area contributed by atoms with Gasteiger partial charge in [0.15, 0.2) is 11.5 Å². The molecule has 0 radical (unpaired) electrons. The van der Waals surface area contributed by atoms with Gasteiger partial charge >= 0.3 is 6.18 Å². The van der Waals surface area contributed by atoms with E-state index in [2.05, 4.69) is 35.9 Å². The number of carbonyl (C=O) groups excluding carboxylic acids is 2. The third-order valence-electron chi connectivity index (χ3n) is 6.33. The number of rotatable bonds is 5. The average Bonchev–Trinajstić information content (AvgIpc) is 3.69. The van der Waals surface area contributed by atoms with Crippen molar-refractivity contribution in [1.29, 1.82) is 0 Å². The van der Waals surface area contributed by atoms with Crippen molar-refractivity contribution in [3.63, 3.8) is 0 Å². The molecular weight excluding hydrogens is 551 g/mol. The molecule has 1 atom stereocenters. The Bertz CT molecular complexity index is 1770. The molecule has 1 aromatic carbocycles. The molecule has 1 unspecified atom stereocenters. The number of amides is 2. The van der Waals surface area contributed by atoms with Gasteiger partial charge in [0.1, 0.15) is 0 Å². The highest BCUT2D eigenvalue weighted by atomic mass is 35.5. The quantitative estimate of drug-likeness (QED) is 0.324. The minimum absolute atomic E-state index is 0.0239. The van der Waals surface area contributed by atoms with Crippen LogP contribution in [0, 0.1) is 0 Å². The second-order valence-corrected chi connectivity index (χ2v) is 9.26. The van der Waals surface area contributed by atoms with Crippen LogP contribution in [0.4, 0.5) is 18.9 Å². The largest absolute Gasteiger partial charge is 0.434 e. The number of pyridine rings is 2. The number of hydrogen-bond donors (Lipinski definition) is 2. The number of hydrogen-bond acceptors (Lipinski definition) is 7. The first-order valence-corrected chi connectivity index (χ1v) is 12.2. The molecule has 4 aromatic heterocycles. The van der Waals surface area contributed by atoms with E-state index in [9.17, 15) is 22.8 Å². The van der Waals surface area contributed by atoms with Crippen molar-refractivity contribution in [1.82, 2.24) is 40.1 Å². The summed E-state index contributed by atoms with van der Waals surface area (Å²) in [6.07, 6.45) is 2.07. The third kappa shape index (κ3) is 4.51. The van der Waals surface area contributed by atoms with Crippen LogP contribution in [0.5, 0.6) is 0 Å². The summed E-state index contributed by atoms with van der Waals surface area (Å²) in [4.78, 5) is 34.5. The summed E-state index contributed by atoms with van der Waals surface area (Å²) in [5.41, 5.74) is -1.37. The van der Waals surface area contributed by atoms with Gasteiger partial charge in [-0.2, -0.15) is 28.5 Å². The van der Waals surface area contributed by atoms with E-state index in [0.29, 0.717) is 34.0 Å². The van der Waals surface area contributed by atoms with Crippen LogP contribution >= 0.6 is 11.6 Å². The fourth-order valence-electron chi connectivity index (χ4n) is 4.61. The number of carbonyl (C=O) groups is 2. The lowest BCUT2D eigenvalue weighted by molar-refractivity contribution is -0.143. The number of anilines is 1. The predicted octanol–water partition coefficient (Wildman–Crippen LogP) is 4.27. The van der Waals surface area contributed by atoms with Gasteiger partial charge in [-0.25, -0.2) is 9.67 Å². The molecule has 11 nitrogen and oxygen atoms in total. The summed E-state index contributed by atoms with van der Waals surface area (Å²) < 4.78 is 43.9. The minimum Gasteiger partial charge on any atom is -0.348 e. The SMILES string of the molecule is O=C1CCC(c2ncc(-n3ncc(C(=O)Nc4cnc(-n5nccn5)c(Cl)c4)c3C(F)(F)F)c3ccccc23)N1. The van der Waals surface area contributed by atoms with Crippen LogP contribution in [-0.4, -0.2) is 46.6 Å². The lowest BCUT2D eigenvalue weighted by Crippen LogP contribution is -2.22. The molecule has 0 spiro atoms. The Balaban J connectivity index is 1.38. The number of alkyl halides is 3. The molecule has 40 heavy (non-hydrogen) atoms. The molecule has 5 heterocycles. The first kappa shape index (κ1) is 25.4. The lowest BCUT2D eigenvalue weighted by atomic mass is 10.0. The van der Waals surface area contributed by atoms with E-state index in [1.165, 1.54) is 30.9 Å². The fraction of sp³-hybridized carbons (Fsp3) is 0.160. The van der Waals surface area contributed by atoms with Crippen molar-refractivity contribution in [2.24, 2.45) is 0 Å². The topological polar surface area (TPSA) is 133 Å². The highest BCUT2D eigenvalue weighted by Crippen LogP contribution is 2.37. The minimum atomic E-state index is -4.95. The molecular formula is C25H17ClF3N9O2. The Morgan fingerprint density at radius 2 is 1.80 bits per heavy atom. The third-order valence-corrected chi connectivity index (χ3v) is 6.61. The zero-order valence-electron chi connectivity index (χ0n) is 20.2. The van der Waals surface area contributed by atoms with E-state index in [-0.39, 0.29) is 34.2 Å². The molecule has 1 fully saturated rings. The van der Waals surface area contributed by atoms with E-state index in [0.717, 1.165) is 11.0 Å². The van der Waals surface area contributed by atoms with Crippen LogP contribution < -0.4 is 10.6 Å². The van der Waals surface area contributed by atoms with Gasteiger partial charge < -0.3 is 10.6 Å². The van der Waals surface area contributed by atoms with Gasteiger partial charge in [-0.1, -0.05) is 35.9 Å². The Morgan fingerprint density at radius 1 is 1.05 bits per heavy atom. The van der Waals surface area contributed by atoms with Crippen LogP contribution in [0.2, 0.25) is 5.02 Å². The van der Waals surface area contributed by atoms with Crippen molar-refractivity contribution in [3.8, 4) is 11.5 Å². The van der Waals surface area contributed by atoms with Gasteiger partial charge in [0.2, 0.25) is 5.91 Å². The molecule has 15 heteroatoms. The van der Waals surface area contributed by atoms with Gasteiger partial charge in [0, 0.05) is 17.2 Å². The van der Waals surface area contributed by atoms with Gasteiger partial charge in [0.25, 0.3) is 5.91 Å². The van der Waals surface area contributed by atoms with Crippen molar-refractivity contribution >= 4 is 39.9 Å². The highest BCUT2D eigenvalue weighted by Gasteiger charge is 2.41. The van der Waals surface area contributed by atoms with E-state index in [1.54, 1.807) is 24.3 Å². The highest BCUT2D eigenvalue weighted by molar-refractivity contribution is 6.32. The van der Waals surface area contributed by atoms with Crippen LogP contribution in [-0.2, 0) is 11.0 Å². The van der Waals surface area contributed by atoms with Gasteiger partial charge in [-0.05, 0) is 12.5 Å². The Labute approximate surface area is 228 Å². The maximum Gasteiger partial charge on any atom is 0.434 e. The smallest absolute Gasteiger partial charge is 0.348 e. The lowest BCUT2D eigenvalue weighted by Gasteiger charge is -2.17. The zero-order chi connectivity index (χ0) is 28.0. The van der Waals surface area contributed by atoms with E-state index < -0.39 is 23.3 Å². The van der Waals surface area contributed by atoms with Gasteiger partial charge in [0.05, 0.1) is 64.7 Å². The fourth-order valence-corrected chi connectivity index (χ4v) is 4.85. The number of aromatic nitrogens is 7. The summed E-state index contributed by atoms with van der Waals surface area (Å²) in [5, 5.41) is 18.1. The molecule has 6 rings (SSSR count). The normalized spacial score (nSPS) is 15.4. The molecule has 5 aromatic rings. The number of nitrogens with zero attached hydrogens (tertiary/aromatic N) is 7. The molecule has 1 aliphatic rings. The summed E-state index contributed by atoms with van der Waals surface area (Å²) in [6, 6.07) is 7.72. The van der Waals surface area contributed by atoms with Gasteiger partial charge in [-0.15, -0.1) is 4.80 Å². The molecule has 1 saturated heterocycles. The monoisotopic (exact) mass is 567 g/mol. The zero-order valence-corrected chi connectivity index (χ0v) is 21.0. The summed E-state index contributed by atoms with van der Waals surface area (Å²) in [5.74, 6) is -1.01. The van der Waals surface area contributed by atoms with E-state index in [4.69, 9.17) is 11.6 Å². The van der Waals surface area contributed by atoms with Crippen LogP contribution in [0.3, 0.4) is 0 Å². The average molecular weight is 568 g/mol. The van der Waals surface area contributed by atoms with Crippen molar-refractivity contribution in [2.75, 3.05) is 5.32 Å². The summed E-state index contributed by atoms with van der Waals surface area (Å²) in [7, 11) is 0. The molecule has 0 aliphatic carbocycles. The Hall–Kier alpha value is -4.85. The number of benzene rings is 1. The molecule has 2 amide bonds. The maximum absolute atomic E-state index is 14.4. The first-order valence-electron chi connectivity index (χ1n) is 11.9. The van der Waals surface area contributed by atoms with Gasteiger partial charge in [-0.3, -0.25) is 14.6 Å². The second kappa shape index (κ2) is 9.72. The maximum atomic E-state index is 14.4. The van der Waals surface area contributed by atoms with E-state index >= 15 is 0 Å². The van der Waals surface area contributed by atoms with Crippen LogP contribution in [0.15, 0.2) is 61.3 Å². The van der Waals surface area contributed by atoms with Crippen molar-refractivity contribution in [3.05, 3.63) is 83.3 Å². The summed E-state index contributed by atoms with van der Waals surface area (Å²) in [6.45, 7) is 0. The van der Waals surface area contributed by atoms with Crippen molar-refractivity contribution in [2.45, 2.75) is 25.1 Å². The Morgan fingerprint density at radius 3 is 2.48 bits per heavy atom. The first-order chi connectivity index (χ1) is 19.2. The number of halogens is 4. The Kier molecular flexibility index (Phi) is 6.18. The van der Waals surface area contributed by atoms with E-state index in [1.807, 2.05) is 0 Å². The van der Waals surface area contributed by atoms with Crippen LogP contribution in [0.25, 0.3) is 22.3 Å². The number of nitrogens with one attached hydrogen (secondary N) is 2. The number of fused-ring (bicyclic) bond motifs is 1. The summed E-state index contributed by atoms with van der Waals surface area (Å²) >= 11 is 6.22. The van der Waals surface area contributed by atoms with Crippen molar-refractivity contribution < 1.29 is 22.8 Å². The molecule has 1 aliphatic heterocycles. The molecule has 2 N–H and O–H groups in total. The second-order valence-electron chi connectivity index (χ2n) is 8.85. The molecule has 0 saturated carbocycles.